The largest absolute Gasteiger partial charge is 0.316 e. The number of nitrogens with one attached hydrogen (secondary N) is 1. The van der Waals surface area contributed by atoms with Crippen molar-refractivity contribution in [1.29, 1.82) is 5.26 Å². The third-order valence-corrected chi connectivity index (χ3v) is 3.68. The molecule has 1 saturated heterocycles. The Morgan fingerprint density at radius 1 is 1.44 bits per heavy atom. The minimum Gasteiger partial charge on any atom is -0.316 e. The van der Waals surface area contributed by atoms with Gasteiger partial charge in [-0.1, -0.05) is 0 Å². The van der Waals surface area contributed by atoms with Gasteiger partial charge in [0.15, 0.2) is 0 Å². The number of piperidine rings is 1. The molecule has 1 heterocycles. The van der Waals surface area contributed by atoms with Gasteiger partial charge in [0.25, 0.3) is 0 Å². The summed E-state index contributed by atoms with van der Waals surface area (Å²) in [6.45, 7) is 6.56. The van der Waals surface area contributed by atoms with E-state index in [1.807, 2.05) is 6.92 Å². The number of hydrogen-bond acceptors (Lipinski definition) is 3. The molecule has 2 fully saturated rings. The maximum absolute atomic E-state index is 8.90. The molecule has 1 aliphatic carbocycles. The van der Waals surface area contributed by atoms with Crippen LogP contribution in [-0.4, -0.2) is 37.1 Å². The Balaban J connectivity index is 1.80. The third kappa shape index (κ3) is 3.47. The highest BCUT2D eigenvalue weighted by molar-refractivity contribution is 4.90. The van der Waals surface area contributed by atoms with Crippen molar-refractivity contribution in [3.63, 3.8) is 0 Å². The second-order valence-electron chi connectivity index (χ2n) is 5.43. The van der Waals surface area contributed by atoms with Crippen LogP contribution in [0.15, 0.2) is 0 Å². The summed E-state index contributed by atoms with van der Waals surface area (Å²) in [4.78, 5) is 2.56. The van der Waals surface area contributed by atoms with Crippen LogP contribution >= 0.6 is 0 Å². The van der Waals surface area contributed by atoms with Crippen LogP contribution in [-0.2, 0) is 0 Å². The Morgan fingerprint density at radius 3 is 2.81 bits per heavy atom. The molecule has 2 rings (SSSR count). The molecule has 0 radical (unpaired) electrons. The minimum absolute atomic E-state index is 0.178. The van der Waals surface area contributed by atoms with Crippen molar-refractivity contribution in [1.82, 2.24) is 10.2 Å². The normalized spacial score (nSPS) is 27.7. The zero-order chi connectivity index (χ0) is 11.4. The van der Waals surface area contributed by atoms with Gasteiger partial charge < -0.3 is 5.32 Å². The fourth-order valence-corrected chi connectivity index (χ4v) is 2.62. The van der Waals surface area contributed by atoms with E-state index in [1.54, 1.807) is 0 Å². The van der Waals surface area contributed by atoms with Gasteiger partial charge in [-0.3, -0.25) is 4.90 Å². The van der Waals surface area contributed by atoms with Crippen LogP contribution in [0.3, 0.4) is 0 Å². The monoisotopic (exact) mass is 221 g/mol. The Kier molecular flexibility index (Phi) is 4.20. The summed E-state index contributed by atoms with van der Waals surface area (Å²) in [5, 5.41) is 12.4. The molecule has 16 heavy (non-hydrogen) atoms. The highest BCUT2D eigenvalue weighted by atomic mass is 15.2. The van der Waals surface area contributed by atoms with Crippen LogP contribution in [0.5, 0.6) is 0 Å². The smallest absolute Gasteiger partial charge is 0.0666 e. The average molecular weight is 221 g/mol. The van der Waals surface area contributed by atoms with E-state index < -0.39 is 0 Å². The summed E-state index contributed by atoms with van der Waals surface area (Å²) < 4.78 is 0. The molecule has 2 aliphatic rings. The molecule has 2 atom stereocenters. The van der Waals surface area contributed by atoms with E-state index in [9.17, 15) is 0 Å². The summed E-state index contributed by atoms with van der Waals surface area (Å²) in [6.07, 6.45) is 5.37. The summed E-state index contributed by atoms with van der Waals surface area (Å²) in [6, 6.07) is 3.15. The predicted molar refractivity (Wildman–Crippen MR) is 65.0 cm³/mol. The first kappa shape index (κ1) is 11.9. The summed E-state index contributed by atoms with van der Waals surface area (Å²) in [7, 11) is 0. The highest BCUT2D eigenvalue weighted by Crippen LogP contribution is 2.29. The fourth-order valence-electron chi connectivity index (χ4n) is 2.62. The molecule has 0 amide bonds. The molecule has 90 valence electrons. The van der Waals surface area contributed by atoms with E-state index in [0.29, 0.717) is 0 Å². The first-order valence-corrected chi connectivity index (χ1v) is 6.64. The van der Waals surface area contributed by atoms with Crippen LogP contribution in [0.4, 0.5) is 0 Å². The van der Waals surface area contributed by atoms with Gasteiger partial charge in [-0.2, -0.15) is 5.26 Å². The maximum Gasteiger partial charge on any atom is 0.0666 e. The molecule has 0 aromatic heterocycles. The average Bonchev–Trinajstić information content (AvgIpc) is 3.13. The van der Waals surface area contributed by atoms with Gasteiger partial charge in [0.05, 0.1) is 12.0 Å². The van der Waals surface area contributed by atoms with Gasteiger partial charge in [-0.15, -0.1) is 0 Å². The third-order valence-electron chi connectivity index (χ3n) is 3.68. The first-order chi connectivity index (χ1) is 7.79. The Morgan fingerprint density at radius 2 is 2.25 bits per heavy atom. The Bertz CT molecular complexity index is 248. The maximum atomic E-state index is 8.90. The molecule has 1 saturated carbocycles. The van der Waals surface area contributed by atoms with Crippen LogP contribution < -0.4 is 5.32 Å². The quantitative estimate of drug-likeness (QED) is 0.766. The molecule has 1 aliphatic heterocycles. The first-order valence-electron chi connectivity index (χ1n) is 6.64. The van der Waals surface area contributed by atoms with E-state index in [0.717, 1.165) is 18.5 Å². The zero-order valence-electron chi connectivity index (χ0n) is 10.3. The minimum atomic E-state index is 0.178. The van der Waals surface area contributed by atoms with E-state index in [2.05, 4.69) is 16.3 Å². The Labute approximate surface area is 98.8 Å². The standard InChI is InChI=1S/C13H23N3/c1-11(7-14)9-16(13-4-5-13)10-12-3-2-6-15-8-12/h11-13,15H,2-6,8-10H2,1H3. The van der Waals surface area contributed by atoms with Crippen molar-refractivity contribution in [2.24, 2.45) is 11.8 Å². The lowest BCUT2D eigenvalue weighted by Gasteiger charge is -2.30. The number of rotatable bonds is 5. The molecule has 2 unspecified atom stereocenters. The lowest BCUT2D eigenvalue weighted by atomic mass is 9.98. The second-order valence-corrected chi connectivity index (χ2v) is 5.43. The predicted octanol–water partition coefficient (Wildman–Crippen LogP) is 1.61. The van der Waals surface area contributed by atoms with Crippen molar-refractivity contribution in [3.05, 3.63) is 0 Å². The van der Waals surface area contributed by atoms with Crippen molar-refractivity contribution in [3.8, 4) is 6.07 Å². The molecular formula is C13H23N3. The van der Waals surface area contributed by atoms with E-state index in [4.69, 9.17) is 5.26 Å². The van der Waals surface area contributed by atoms with Gasteiger partial charge in [0.1, 0.15) is 0 Å². The van der Waals surface area contributed by atoms with Crippen molar-refractivity contribution in [2.45, 2.75) is 38.6 Å². The van der Waals surface area contributed by atoms with Crippen LogP contribution in [0.1, 0.15) is 32.6 Å². The van der Waals surface area contributed by atoms with Crippen molar-refractivity contribution >= 4 is 0 Å². The van der Waals surface area contributed by atoms with Crippen molar-refractivity contribution < 1.29 is 0 Å². The molecule has 0 spiro atoms. The molecule has 0 bridgehead atoms. The van der Waals surface area contributed by atoms with Gasteiger partial charge in [-0.25, -0.2) is 0 Å². The SMILES string of the molecule is CC(C#N)CN(CC1CCCNC1)C1CC1. The molecule has 1 N–H and O–H groups in total. The lowest BCUT2D eigenvalue weighted by molar-refractivity contribution is 0.189. The van der Waals surface area contributed by atoms with Gasteiger partial charge in [0, 0.05) is 19.1 Å². The van der Waals surface area contributed by atoms with Gasteiger partial charge in [-0.05, 0) is 51.6 Å². The van der Waals surface area contributed by atoms with Crippen LogP contribution in [0, 0.1) is 23.2 Å². The highest BCUT2D eigenvalue weighted by Gasteiger charge is 2.31. The molecule has 0 aromatic carbocycles. The molecule has 3 heteroatoms. The number of nitrogens with zero attached hydrogens (tertiary/aromatic N) is 2. The van der Waals surface area contributed by atoms with Crippen LogP contribution in [0.2, 0.25) is 0 Å². The molecule has 3 nitrogen and oxygen atoms in total. The second kappa shape index (κ2) is 5.65. The van der Waals surface area contributed by atoms with Gasteiger partial charge >= 0.3 is 0 Å². The summed E-state index contributed by atoms with van der Waals surface area (Å²) in [5.74, 6) is 0.984. The molecule has 0 aromatic rings. The summed E-state index contributed by atoms with van der Waals surface area (Å²) in [5.41, 5.74) is 0. The van der Waals surface area contributed by atoms with Gasteiger partial charge in [0.2, 0.25) is 0 Å². The Hall–Kier alpha value is -0.590. The van der Waals surface area contributed by atoms with E-state index in [1.165, 1.54) is 45.3 Å². The summed E-state index contributed by atoms with van der Waals surface area (Å²) >= 11 is 0. The van der Waals surface area contributed by atoms with Crippen molar-refractivity contribution in [2.75, 3.05) is 26.2 Å². The molecular weight excluding hydrogens is 198 g/mol. The van der Waals surface area contributed by atoms with Crippen LogP contribution in [0.25, 0.3) is 0 Å². The topological polar surface area (TPSA) is 39.1 Å². The number of nitriles is 1. The van der Waals surface area contributed by atoms with E-state index in [-0.39, 0.29) is 5.92 Å². The fraction of sp³-hybridized carbons (Fsp3) is 0.923. The lowest BCUT2D eigenvalue weighted by Crippen LogP contribution is -2.40. The zero-order valence-corrected chi connectivity index (χ0v) is 10.3. The number of hydrogen-bond donors (Lipinski definition) is 1. The van der Waals surface area contributed by atoms with E-state index >= 15 is 0 Å².